The molecule has 1 saturated carbocycles. The van der Waals surface area contributed by atoms with Crippen LogP contribution in [0.15, 0.2) is 18.2 Å². The highest BCUT2D eigenvalue weighted by molar-refractivity contribution is 5.89. The minimum absolute atomic E-state index is 0.0778. The van der Waals surface area contributed by atoms with Crippen molar-refractivity contribution in [3.63, 3.8) is 0 Å². The van der Waals surface area contributed by atoms with Gasteiger partial charge in [-0.15, -0.1) is 0 Å². The van der Waals surface area contributed by atoms with Gasteiger partial charge in [-0.1, -0.05) is 0 Å². The Bertz CT molecular complexity index is 509. The SMILES string of the molecule is CC1(Nc2ccc(C(=O)O)cc2[N+](=O)[O-])CCC1. The van der Waals surface area contributed by atoms with E-state index < -0.39 is 10.9 Å². The molecule has 2 N–H and O–H groups in total. The van der Waals surface area contributed by atoms with Crippen LogP contribution in [0.4, 0.5) is 11.4 Å². The summed E-state index contributed by atoms with van der Waals surface area (Å²) in [5.41, 5.74) is -0.00332. The molecule has 96 valence electrons. The van der Waals surface area contributed by atoms with Gasteiger partial charge in [0.15, 0.2) is 0 Å². The maximum absolute atomic E-state index is 11.0. The molecule has 0 aliphatic heterocycles. The number of carboxylic acids is 1. The topological polar surface area (TPSA) is 92.5 Å². The molecule has 1 aliphatic rings. The van der Waals surface area contributed by atoms with Crippen LogP contribution in [0.1, 0.15) is 36.5 Å². The van der Waals surface area contributed by atoms with Crippen LogP contribution < -0.4 is 5.32 Å². The van der Waals surface area contributed by atoms with Crippen molar-refractivity contribution in [2.45, 2.75) is 31.7 Å². The van der Waals surface area contributed by atoms with Crippen molar-refractivity contribution >= 4 is 17.3 Å². The molecule has 0 heterocycles. The summed E-state index contributed by atoms with van der Waals surface area (Å²) in [7, 11) is 0. The highest BCUT2D eigenvalue weighted by Gasteiger charge is 2.33. The van der Waals surface area contributed by atoms with Crippen LogP contribution in [0.3, 0.4) is 0 Å². The van der Waals surface area contributed by atoms with E-state index in [2.05, 4.69) is 5.32 Å². The molecule has 0 atom stereocenters. The lowest BCUT2D eigenvalue weighted by atomic mass is 9.78. The van der Waals surface area contributed by atoms with E-state index in [9.17, 15) is 14.9 Å². The number of benzene rings is 1. The lowest BCUT2D eigenvalue weighted by molar-refractivity contribution is -0.384. The van der Waals surface area contributed by atoms with Gasteiger partial charge in [0, 0.05) is 11.6 Å². The van der Waals surface area contributed by atoms with Crippen molar-refractivity contribution in [3.05, 3.63) is 33.9 Å². The monoisotopic (exact) mass is 250 g/mol. The van der Waals surface area contributed by atoms with Crippen molar-refractivity contribution in [3.8, 4) is 0 Å². The Kier molecular flexibility index (Phi) is 2.94. The number of aromatic carboxylic acids is 1. The summed E-state index contributed by atoms with van der Waals surface area (Å²) in [4.78, 5) is 21.2. The Morgan fingerprint density at radius 2 is 2.17 bits per heavy atom. The number of hydrogen-bond acceptors (Lipinski definition) is 4. The molecule has 1 aromatic rings. The number of nitrogens with zero attached hydrogens (tertiary/aromatic N) is 1. The smallest absolute Gasteiger partial charge is 0.335 e. The second kappa shape index (κ2) is 4.29. The number of nitro groups is 1. The number of hydrogen-bond donors (Lipinski definition) is 2. The Morgan fingerprint density at radius 3 is 2.61 bits per heavy atom. The molecule has 6 heteroatoms. The van der Waals surface area contributed by atoms with Crippen LogP contribution in [0.2, 0.25) is 0 Å². The number of rotatable bonds is 4. The van der Waals surface area contributed by atoms with E-state index in [1.807, 2.05) is 6.92 Å². The van der Waals surface area contributed by atoms with Crippen LogP contribution in [-0.2, 0) is 0 Å². The van der Waals surface area contributed by atoms with Crippen LogP contribution >= 0.6 is 0 Å². The first-order valence-corrected chi connectivity index (χ1v) is 5.71. The molecule has 0 bridgehead atoms. The number of carboxylic acid groups (broad SMARTS) is 1. The van der Waals surface area contributed by atoms with Gasteiger partial charge >= 0.3 is 5.97 Å². The van der Waals surface area contributed by atoms with Gasteiger partial charge in [-0.05, 0) is 38.3 Å². The fourth-order valence-corrected chi connectivity index (χ4v) is 2.08. The molecule has 2 rings (SSSR count). The molecule has 0 spiro atoms. The van der Waals surface area contributed by atoms with Gasteiger partial charge in [-0.2, -0.15) is 0 Å². The first-order chi connectivity index (χ1) is 8.41. The molecular formula is C12H14N2O4. The highest BCUT2D eigenvalue weighted by atomic mass is 16.6. The van der Waals surface area contributed by atoms with Crippen molar-refractivity contribution in [2.24, 2.45) is 0 Å². The summed E-state index contributed by atoms with van der Waals surface area (Å²) in [5.74, 6) is -1.17. The van der Waals surface area contributed by atoms with Crippen LogP contribution in [0.5, 0.6) is 0 Å². The van der Waals surface area contributed by atoms with E-state index in [-0.39, 0.29) is 16.8 Å². The average Bonchev–Trinajstić information content (AvgIpc) is 2.26. The molecule has 0 unspecified atom stereocenters. The minimum atomic E-state index is -1.17. The molecule has 1 aliphatic carbocycles. The van der Waals surface area contributed by atoms with E-state index >= 15 is 0 Å². The molecule has 0 saturated heterocycles. The predicted molar refractivity (Wildman–Crippen MR) is 65.9 cm³/mol. The van der Waals surface area contributed by atoms with Gasteiger partial charge in [-0.25, -0.2) is 4.79 Å². The number of carbonyl (C=O) groups is 1. The van der Waals surface area contributed by atoms with Crippen molar-refractivity contribution in [2.75, 3.05) is 5.32 Å². The first-order valence-electron chi connectivity index (χ1n) is 5.71. The predicted octanol–water partition coefficient (Wildman–Crippen LogP) is 2.65. The second-order valence-electron chi connectivity index (χ2n) is 4.83. The molecule has 18 heavy (non-hydrogen) atoms. The van der Waals surface area contributed by atoms with Crippen LogP contribution in [0, 0.1) is 10.1 Å². The summed E-state index contributed by atoms with van der Waals surface area (Å²) >= 11 is 0. The lowest BCUT2D eigenvalue weighted by Gasteiger charge is -2.39. The molecule has 1 fully saturated rings. The van der Waals surface area contributed by atoms with Crippen LogP contribution in [0.25, 0.3) is 0 Å². The minimum Gasteiger partial charge on any atom is -0.478 e. The molecule has 0 amide bonds. The largest absolute Gasteiger partial charge is 0.478 e. The summed E-state index contributed by atoms with van der Waals surface area (Å²) < 4.78 is 0. The van der Waals surface area contributed by atoms with E-state index in [4.69, 9.17) is 5.11 Å². The van der Waals surface area contributed by atoms with Gasteiger partial charge in [0.2, 0.25) is 0 Å². The molecule has 6 nitrogen and oxygen atoms in total. The highest BCUT2D eigenvalue weighted by Crippen LogP contribution is 2.37. The van der Waals surface area contributed by atoms with Crippen molar-refractivity contribution in [1.82, 2.24) is 0 Å². The van der Waals surface area contributed by atoms with Crippen LogP contribution in [-0.4, -0.2) is 21.5 Å². The summed E-state index contributed by atoms with van der Waals surface area (Å²) in [6, 6.07) is 3.93. The fraction of sp³-hybridized carbons (Fsp3) is 0.417. The molecule has 0 radical (unpaired) electrons. The Labute approximate surface area is 104 Å². The maximum Gasteiger partial charge on any atom is 0.335 e. The van der Waals surface area contributed by atoms with E-state index in [1.54, 1.807) is 0 Å². The zero-order valence-corrected chi connectivity index (χ0v) is 9.97. The van der Waals surface area contributed by atoms with E-state index in [0.29, 0.717) is 5.69 Å². The van der Waals surface area contributed by atoms with E-state index in [1.165, 1.54) is 12.1 Å². The zero-order chi connectivity index (χ0) is 13.3. The zero-order valence-electron chi connectivity index (χ0n) is 9.97. The third-order valence-corrected chi connectivity index (χ3v) is 3.33. The number of nitrogens with one attached hydrogen (secondary N) is 1. The van der Waals surface area contributed by atoms with E-state index in [0.717, 1.165) is 25.3 Å². The maximum atomic E-state index is 11.0. The normalized spacial score (nSPS) is 16.7. The third kappa shape index (κ3) is 2.27. The summed E-state index contributed by atoms with van der Waals surface area (Å²) in [5, 5.41) is 22.9. The molecule has 0 aromatic heterocycles. The third-order valence-electron chi connectivity index (χ3n) is 3.33. The molecule has 1 aromatic carbocycles. The second-order valence-corrected chi connectivity index (χ2v) is 4.83. The standard InChI is InChI=1S/C12H14N2O4/c1-12(5-2-6-12)13-9-4-3-8(11(15)16)7-10(9)14(17)18/h3-4,7,13H,2,5-6H2,1H3,(H,15,16). The molecular weight excluding hydrogens is 236 g/mol. The van der Waals surface area contributed by atoms with Crippen molar-refractivity contribution in [1.29, 1.82) is 0 Å². The van der Waals surface area contributed by atoms with Gasteiger partial charge in [0.25, 0.3) is 5.69 Å². The van der Waals surface area contributed by atoms with Crippen molar-refractivity contribution < 1.29 is 14.8 Å². The van der Waals surface area contributed by atoms with Gasteiger partial charge < -0.3 is 10.4 Å². The quantitative estimate of drug-likeness (QED) is 0.633. The Balaban J connectivity index is 2.34. The fourth-order valence-electron chi connectivity index (χ4n) is 2.08. The summed E-state index contributed by atoms with van der Waals surface area (Å²) in [6.45, 7) is 2.01. The Morgan fingerprint density at radius 1 is 1.50 bits per heavy atom. The van der Waals surface area contributed by atoms with Gasteiger partial charge in [-0.3, -0.25) is 10.1 Å². The Hall–Kier alpha value is -2.11. The lowest BCUT2D eigenvalue weighted by Crippen LogP contribution is -2.41. The summed E-state index contributed by atoms with van der Waals surface area (Å²) in [6.07, 6.45) is 3.03. The average molecular weight is 250 g/mol. The number of nitro benzene ring substituents is 1. The van der Waals surface area contributed by atoms with Gasteiger partial charge in [0.1, 0.15) is 5.69 Å². The van der Waals surface area contributed by atoms with Gasteiger partial charge in [0.05, 0.1) is 10.5 Å². The number of anilines is 1. The first kappa shape index (κ1) is 12.3.